The molecule has 13 atom stereocenters. The first-order valence-electron chi connectivity index (χ1n) is 15.1. The molecule has 212 valence electrons. The molecular formula is C31H46O7. The quantitative estimate of drug-likeness (QED) is 0.460. The number of ether oxygens (including phenoxy) is 4. The zero-order chi connectivity index (χ0) is 27.2. The molecule has 6 rings (SSSR count). The van der Waals surface area contributed by atoms with Crippen molar-refractivity contribution in [1.29, 1.82) is 0 Å². The summed E-state index contributed by atoms with van der Waals surface area (Å²) in [7, 11) is 0. The lowest BCUT2D eigenvalue weighted by molar-refractivity contribution is -0.273. The van der Waals surface area contributed by atoms with Crippen LogP contribution in [-0.2, 0) is 33.3 Å². The maximum absolute atomic E-state index is 14.6. The second-order valence-corrected chi connectivity index (χ2v) is 14.3. The van der Waals surface area contributed by atoms with Crippen LogP contribution in [0, 0.1) is 52.3 Å². The van der Waals surface area contributed by atoms with Gasteiger partial charge in [-0.05, 0) is 74.0 Å². The molecule has 0 aromatic rings. The summed E-state index contributed by atoms with van der Waals surface area (Å²) in [5.74, 6) is 0.386. The maximum Gasteiger partial charge on any atom is 0.303 e. The molecule has 38 heavy (non-hydrogen) atoms. The van der Waals surface area contributed by atoms with Crippen molar-refractivity contribution in [2.24, 2.45) is 52.3 Å². The Kier molecular flexibility index (Phi) is 6.35. The van der Waals surface area contributed by atoms with Crippen molar-refractivity contribution in [3.63, 3.8) is 0 Å². The number of esters is 2. The molecule has 0 aromatic heterocycles. The van der Waals surface area contributed by atoms with E-state index in [1.807, 2.05) is 0 Å². The highest BCUT2D eigenvalue weighted by Crippen LogP contribution is 2.71. The third-order valence-electron chi connectivity index (χ3n) is 12.3. The van der Waals surface area contributed by atoms with E-state index >= 15 is 0 Å². The SMILES string of the molecule is CC(=O)O[C@H]1CC[C@@]2(C)[C@@H](CC[C@@H]3[C@H]2C(=O)[C@@H](OC(C)=O)[C@]2(C)[C@H]4[C@H](C[C@H]32)O[C@]2(CC[C@H](C)CO2)[C@H]4C)C1. The fraction of sp³-hybridized carbons (Fsp3) is 0.903. The van der Waals surface area contributed by atoms with E-state index in [0.717, 1.165) is 51.4 Å². The average Bonchev–Trinajstić information content (AvgIpc) is 3.29. The van der Waals surface area contributed by atoms with Gasteiger partial charge in [-0.25, -0.2) is 0 Å². The summed E-state index contributed by atoms with van der Waals surface area (Å²) < 4.78 is 25.0. The summed E-state index contributed by atoms with van der Waals surface area (Å²) in [6, 6.07) is 0. The Morgan fingerprint density at radius 2 is 1.68 bits per heavy atom. The molecule has 0 unspecified atom stereocenters. The molecule has 0 amide bonds. The van der Waals surface area contributed by atoms with Crippen LogP contribution >= 0.6 is 0 Å². The topological polar surface area (TPSA) is 88.1 Å². The van der Waals surface area contributed by atoms with Gasteiger partial charge in [0.1, 0.15) is 6.10 Å². The molecule has 4 saturated carbocycles. The lowest BCUT2D eigenvalue weighted by Crippen LogP contribution is -2.65. The van der Waals surface area contributed by atoms with E-state index in [-0.39, 0.29) is 64.9 Å². The fourth-order valence-corrected chi connectivity index (χ4v) is 10.7. The third-order valence-corrected chi connectivity index (χ3v) is 12.3. The maximum atomic E-state index is 14.6. The molecule has 2 heterocycles. The fourth-order valence-electron chi connectivity index (χ4n) is 10.7. The van der Waals surface area contributed by atoms with Gasteiger partial charge in [-0.3, -0.25) is 14.4 Å². The Balaban J connectivity index is 1.34. The predicted octanol–water partition coefficient (Wildman–Crippen LogP) is 5.09. The predicted molar refractivity (Wildman–Crippen MR) is 139 cm³/mol. The van der Waals surface area contributed by atoms with Crippen LogP contribution in [0.2, 0.25) is 0 Å². The van der Waals surface area contributed by atoms with Crippen molar-refractivity contribution < 1.29 is 33.3 Å². The van der Waals surface area contributed by atoms with E-state index in [2.05, 4.69) is 27.7 Å². The smallest absolute Gasteiger partial charge is 0.303 e. The Morgan fingerprint density at radius 3 is 2.34 bits per heavy atom. The Labute approximate surface area is 227 Å². The molecule has 1 spiro atoms. The lowest BCUT2D eigenvalue weighted by atomic mass is 9.43. The zero-order valence-corrected chi connectivity index (χ0v) is 24.0. The number of hydrogen-bond acceptors (Lipinski definition) is 7. The first-order chi connectivity index (χ1) is 17.9. The minimum absolute atomic E-state index is 0.0169. The monoisotopic (exact) mass is 530 g/mol. The van der Waals surface area contributed by atoms with Crippen LogP contribution < -0.4 is 0 Å². The number of carbonyl (C=O) groups excluding carboxylic acids is 3. The Bertz CT molecular complexity index is 1000. The summed E-state index contributed by atoms with van der Waals surface area (Å²) >= 11 is 0. The van der Waals surface area contributed by atoms with Crippen molar-refractivity contribution in [3.05, 3.63) is 0 Å². The van der Waals surface area contributed by atoms with Gasteiger partial charge >= 0.3 is 11.9 Å². The molecule has 0 aromatic carbocycles. The van der Waals surface area contributed by atoms with Gasteiger partial charge in [0.2, 0.25) is 0 Å². The zero-order valence-electron chi connectivity index (χ0n) is 24.0. The van der Waals surface area contributed by atoms with Crippen molar-refractivity contribution in [2.75, 3.05) is 6.61 Å². The van der Waals surface area contributed by atoms with Crippen LogP contribution in [0.25, 0.3) is 0 Å². The number of fused-ring (bicyclic) bond motifs is 7. The number of ketones is 1. The van der Waals surface area contributed by atoms with Gasteiger partial charge in [0.15, 0.2) is 17.7 Å². The van der Waals surface area contributed by atoms with Crippen LogP contribution in [0.3, 0.4) is 0 Å². The molecular weight excluding hydrogens is 484 g/mol. The van der Waals surface area contributed by atoms with Crippen LogP contribution in [0.4, 0.5) is 0 Å². The first kappa shape index (κ1) is 26.7. The van der Waals surface area contributed by atoms with Gasteiger partial charge < -0.3 is 18.9 Å². The molecule has 6 aliphatic rings. The van der Waals surface area contributed by atoms with Crippen LogP contribution in [0.5, 0.6) is 0 Å². The molecule has 6 fully saturated rings. The molecule has 7 nitrogen and oxygen atoms in total. The van der Waals surface area contributed by atoms with Gasteiger partial charge in [0.25, 0.3) is 0 Å². The minimum Gasteiger partial charge on any atom is -0.463 e. The third kappa shape index (κ3) is 3.69. The molecule has 2 aliphatic heterocycles. The summed E-state index contributed by atoms with van der Waals surface area (Å²) in [5, 5.41) is 0. The molecule has 0 bridgehead atoms. The van der Waals surface area contributed by atoms with E-state index in [0.29, 0.717) is 18.4 Å². The van der Waals surface area contributed by atoms with Crippen molar-refractivity contribution >= 4 is 17.7 Å². The number of Topliss-reactive ketones (excluding diaryl/α,β-unsaturated/α-hetero) is 1. The molecule has 2 saturated heterocycles. The highest BCUT2D eigenvalue weighted by atomic mass is 16.7. The van der Waals surface area contributed by atoms with E-state index < -0.39 is 17.3 Å². The number of rotatable bonds is 2. The average molecular weight is 531 g/mol. The standard InChI is InChI=1S/C31H46O7/c1-16-9-12-31(35-15-16)17(2)25-24(38-31)14-23-22-8-7-20-13-21(36-18(3)32)10-11-29(20,5)26(22)27(34)28(30(23,25)6)37-19(4)33/h16-17,20-26,28H,7-15H2,1-6H3/t16-,17-,20-,21-,22-,23+,24-,25+,26-,28+,29-,30-,31+/m0/s1. The summed E-state index contributed by atoms with van der Waals surface area (Å²) in [6.45, 7) is 12.6. The second-order valence-electron chi connectivity index (χ2n) is 14.3. The van der Waals surface area contributed by atoms with E-state index in [9.17, 15) is 14.4 Å². The largest absolute Gasteiger partial charge is 0.463 e. The van der Waals surface area contributed by atoms with Gasteiger partial charge in [-0.2, -0.15) is 0 Å². The van der Waals surface area contributed by atoms with Gasteiger partial charge in [-0.1, -0.05) is 27.7 Å². The van der Waals surface area contributed by atoms with Gasteiger partial charge in [0.05, 0.1) is 12.7 Å². The summed E-state index contributed by atoms with van der Waals surface area (Å²) in [4.78, 5) is 38.8. The first-order valence-corrected chi connectivity index (χ1v) is 15.1. The van der Waals surface area contributed by atoms with Crippen molar-refractivity contribution in [3.8, 4) is 0 Å². The molecule has 0 N–H and O–H groups in total. The number of hydrogen-bond donors (Lipinski definition) is 0. The Hall–Kier alpha value is -1.47. The van der Waals surface area contributed by atoms with Crippen LogP contribution in [0.15, 0.2) is 0 Å². The highest BCUT2D eigenvalue weighted by Gasteiger charge is 2.74. The molecule has 4 aliphatic carbocycles. The Morgan fingerprint density at radius 1 is 0.947 bits per heavy atom. The second kappa shape index (κ2) is 9.02. The van der Waals surface area contributed by atoms with E-state index in [1.54, 1.807) is 0 Å². The number of carbonyl (C=O) groups is 3. The highest BCUT2D eigenvalue weighted by molar-refractivity contribution is 5.90. The summed E-state index contributed by atoms with van der Waals surface area (Å²) in [6.07, 6.45) is 6.54. The van der Waals surface area contributed by atoms with Crippen LogP contribution in [-0.4, -0.2) is 48.4 Å². The van der Waals surface area contributed by atoms with Crippen LogP contribution in [0.1, 0.15) is 92.9 Å². The van der Waals surface area contributed by atoms with Crippen molar-refractivity contribution in [1.82, 2.24) is 0 Å². The lowest BCUT2D eigenvalue weighted by Gasteiger charge is -2.61. The van der Waals surface area contributed by atoms with Gasteiger partial charge in [0, 0.05) is 43.4 Å². The minimum atomic E-state index is -0.758. The van der Waals surface area contributed by atoms with E-state index in [4.69, 9.17) is 18.9 Å². The normalized spacial score (nSPS) is 53.5. The van der Waals surface area contributed by atoms with E-state index in [1.165, 1.54) is 13.8 Å². The molecule has 7 heteroatoms. The van der Waals surface area contributed by atoms with Gasteiger partial charge in [-0.15, -0.1) is 0 Å². The molecule has 0 radical (unpaired) electrons. The van der Waals surface area contributed by atoms with Crippen molar-refractivity contribution in [2.45, 2.75) is 117 Å². The summed E-state index contributed by atoms with van der Waals surface area (Å²) in [5.41, 5.74) is -0.646.